The predicted molar refractivity (Wildman–Crippen MR) is 61.4 cm³/mol. The zero-order chi connectivity index (χ0) is 11.3. The zero-order valence-electron chi connectivity index (χ0n) is 7.33. The van der Waals surface area contributed by atoms with E-state index >= 15 is 0 Å². The molecule has 0 aliphatic carbocycles. The maximum absolute atomic E-state index is 12.9. The van der Waals surface area contributed by atoms with Crippen molar-refractivity contribution in [1.29, 1.82) is 10.5 Å². The summed E-state index contributed by atoms with van der Waals surface area (Å²) in [6.45, 7) is 0. The van der Waals surface area contributed by atoms with Crippen molar-refractivity contribution in [1.82, 2.24) is 0 Å². The molecule has 0 atom stereocenters. The highest BCUT2D eigenvalue weighted by atomic mass is 127. The maximum Gasteiger partial charge on any atom is 0.237 e. The highest BCUT2D eigenvalue weighted by molar-refractivity contribution is 14.1. The molecule has 1 aromatic rings. The van der Waals surface area contributed by atoms with E-state index in [-0.39, 0.29) is 5.71 Å². The van der Waals surface area contributed by atoms with Gasteiger partial charge < -0.3 is 0 Å². The molecular weight excluding hydrogens is 310 g/mol. The van der Waals surface area contributed by atoms with E-state index in [0.29, 0.717) is 9.26 Å². The van der Waals surface area contributed by atoms with Gasteiger partial charge >= 0.3 is 0 Å². The Bertz CT molecular complexity index is 448. The number of nitrogens with one attached hydrogen (secondary N) is 1. The summed E-state index contributed by atoms with van der Waals surface area (Å²) >= 11 is 1.95. The summed E-state index contributed by atoms with van der Waals surface area (Å²) in [6.07, 6.45) is 0. The third-order valence-corrected chi connectivity index (χ3v) is 1.99. The van der Waals surface area contributed by atoms with E-state index in [1.807, 2.05) is 22.6 Å². The quantitative estimate of drug-likeness (QED) is 0.517. The molecule has 0 saturated carbocycles. The minimum atomic E-state index is -0.407. The normalized spacial score (nSPS) is 8.53. The first-order valence-electron chi connectivity index (χ1n) is 3.75. The van der Waals surface area contributed by atoms with Gasteiger partial charge in [0.1, 0.15) is 18.0 Å². The van der Waals surface area contributed by atoms with Gasteiger partial charge in [-0.1, -0.05) is 0 Å². The summed E-state index contributed by atoms with van der Waals surface area (Å²) in [6, 6.07) is 7.37. The van der Waals surface area contributed by atoms with Crippen LogP contribution in [-0.4, -0.2) is 5.71 Å². The molecule has 0 saturated heterocycles. The molecule has 15 heavy (non-hydrogen) atoms. The number of hydrazone groups is 1. The molecule has 0 radical (unpaired) electrons. The number of halogens is 2. The molecule has 0 aliphatic heterocycles. The second-order valence-electron chi connectivity index (χ2n) is 2.45. The smallest absolute Gasteiger partial charge is 0.237 e. The fourth-order valence-corrected chi connectivity index (χ4v) is 1.45. The van der Waals surface area contributed by atoms with E-state index < -0.39 is 5.82 Å². The summed E-state index contributed by atoms with van der Waals surface area (Å²) in [5.41, 5.74) is 2.51. The van der Waals surface area contributed by atoms with Gasteiger partial charge in [-0.3, -0.25) is 5.43 Å². The highest BCUT2D eigenvalue weighted by Gasteiger charge is 1.98. The van der Waals surface area contributed by atoms with Crippen LogP contribution in [-0.2, 0) is 0 Å². The van der Waals surface area contributed by atoms with Crippen LogP contribution in [0.25, 0.3) is 0 Å². The Labute approximate surface area is 99.2 Å². The van der Waals surface area contributed by atoms with Crippen LogP contribution in [0.4, 0.5) is 10.1 Å². The van der Waals surface area contributed by atoms with E-state index in [2.05, 4.69) is 10.5 Å². The van der Waals surface area contributed by atoms with Crippen molar-refractivity contribution in [2.75, 3.05) is 5.43 Å². The maximum atomic E-state index is 12.9. The Morgan fingerprint density at radius 3 is 2.53 bits per heavy atom. The molecule has 0 aliphatic rings. The van der Waals surface area contributed by atoms with Crippen molar-refractivity contribution < 1.29 is 4.39 Å². The number of nitrogens with zero attached hydrogens (tertiary/aromatic N) is 3. The van der Waals surface area contributed by atoms with E-state index in [0.717, 1.165) is 0 Å². The molecule has 0 amide bonds. The van der Waals surface area contributed by atoms with E-state index in [1.165, 1.54) is 12.1 Å². The second-order valence-corrected chi connectivity index (χ2v) is 3.70. The van der Waals surface area contributed by atoms with Crippen LogP contribution in [0, 0.1) is 32.0 Å². The lowest BCUT2D eigenvalue weighted by Gasteiger charge is -2.00. The molecule has 74 valence electrons. The molecule has 0 bridgehead atoms. The van der Waals surface area contributed by atoms with Crippen molar-refractivity contribution in [3.63, 3.8) is 0 Å². The molecule has 0 unspecified atom stereocenters. The van der Waals surface area contributed by atoms with Gasteiger partial charge in [-0.05, 0) is 40.8 Å². The summed E-state index contributed by atoms with van der Waals surface area (Å²) in [5.74, 6) is -0.407. The van der Waals surface area contributed by atoms with Gasteiger partial charge in [-0.2, -0.15) is 15.6 Å². The number of hydrogen-bond acceptors (Lipinski definition) is 4. The number of anilines is 1. The average molecular weight is 314 g/mol. The zero-order valence-corrected chi connectivity index (χ0v) is 9.49. The number of nitriles is 2. The molecule has 1 N–H and O–H groups in total. The minimum Gasteiger partial charge on any atom is -0.276 e. The van der Waals surface area contributed by atoms with Gasteiger partial charge in [-0.15, -0.1) is 0 Å². The van der Waals surface area contributed by atoms with Gasteiger partial charge in [0.05, 0.1) is 5.69 Å². The summed E-state index contributed by atoms with van der Waals surface area (Å²) in [7, 11) is 0. The van der Waals surface area contributed by atoms with Crippen molar-refractivity contribution >= 4 is 34.0 Å². The monoisotopic (exact) mass is 314 g/mol. The third-order valence-electron chi connectivity index (χ3n) is 1.37. The Kier molecular flexibility index (Phi) is 4.01. The first kappa shape index (κ1) is 11.4. The van der Waals surface area contributed by atoms with Crippen LogP contribution >= 0.6 is 22.6 Å². The molecule has 6 heteroatoms. The average Bonchev–Trinajstić information content (AvgIpc) is 2.18. The second kappa shape index (κ2) is 5.27. The lowest BCUT2D eigenvalue weighted by Crippen LogP contribution is -1.97. The number of hydrogen-bond donors (Lipinski definition) is 1. The van der Waals surface area contributed by atoms with Crippen LogP contribution < -0.4 is 5.43 Å². The van der Waals surface area contributed by atoms with Gasteiger partial charge in [0, 0.05) is 3.57 Å². The van der Waals surface area contributed by atoms with E-state index in [1.54, 1.807) is 18.2 Å². The Balaban J connectivity index is 2.88. The van der Waals surface area contributed by atoms with Crippen LogP contribution in [0.5, 0.6) is 0 Å². The van der Waals surface area contributed by atoms with Crippen LogP contribution in [0.2, 0.25) is 0 Å². The van der Waals surface area contributed by atoms with Crippen LogP contribution in [0.1, 0.15) is 0 Å². The van der Waals surface area contributed by atoms with Gasteiger partial charge in [-0.25, -0.2) is 4.39 Å². The first-order chi connectivity index (χ1) is 7.15. The Morgan fingerprint density at radius 1 is 1.33 bits per heavy atom. The molecule has 0 spiro atoms. The van der Waals surface area contributed by atoms with Crippen LogP contribution in [0.3, 0.4) is 0 Å². The third kappa shape index (κ3) is 3.52. The highest BCUT2D eigenvalue weighted by Crippen LogP contribution is 2.15. The molecular formula is C9H4FIN4. The van der Waals surface area contributed by atoms with E-state index in [4.69, 9.17) is 10.5 Å². The van der Waals surface area contributed by atoms with Gasteiger partial charge in [0.15, 0.2) is 0 Å². The lowest BCUT2D eigenvalue weighted by molar-refractivity contribution is 0.627. The fraction of sp³-hybridized carbons (Fsp3) is 0. The summed E-state index contributed by atoms with van der Waals surface area (Å²) < 4.78 is 13.6. The Hall–Kier alpha value is -1.67. The SMILES string of the molecule is N#CC(C#N)=NNc1cc(F)cc(I)c1. The van der Waals surface area contributed by atoms with Crippen molar-refractivity contribution in [2.24, 2.45) is 5.10 Å². The fourth-order valence-electron chi connectivity index (χ4n) is 0.814. The van der Waals surface area contributed by atoms with Gasteiger partial charge in [0.25, 0.3) is 0 Å². The lowest BCUT2D eigenvalue weighted by atomic mass is 10.3. The Morgan fingerprint density at radius 2 is 2.00 bits per heavy atom. The molecule has 1 aromatic carbocycles. The standard InChI is InChI=1S/C9H4FIN4/c10-6-1-7(11)3-8(2-6)14-15-9(4-12)5-13/h1-3,14H. The summed E-state index contributed by atoms with van der Waals surface area (Å²) in [5, 5.41) is 20.3. The number of rotatable bonds is 2. The van der Waals surface area contributed by atoms with Crippen molar-refractivity contribution in [3.05, 3.63) is 27.6 Å². The van der Waals surface area contributed by atoms with Crippen molar-refractivity contribution in [3.8, 4) is 12.1 Å². The largest absolute Gasteiger partial charge is 0.276 e. The summed E-state index contributed by atoms with van der Waals surface area (Å²) in [4.78, 5) is 0. The molecule has 0 aromatic heterocycles. The van der Waals surface area contributed by atoms with Crippen molar-refractivity contribution in [2.45, 2.75) is 0 Å². The molecule has 0 fully saturated rings. The first-order valence-corrected chi connectivity index (χ1v) is 4.83. The minimum absolute atomic E-state index is 0.311. The van der Waals surface area contributed by atoms with E-state index in [9.17, 15) is 4.39 Å². The molecule has 1 rings (SSSR count). The van der Waals surface area contributed by atoms with Gasteiger partial charge in [0.2, 0.25) is 5.71 Å². The topological polar surface area (TPSA) is 72.0 Å². The molecule has 0 heterocycles. The predicted octanol–water partition coefficient (Wildman–Crippen LogP) is 2.25. The molecule has 4 nitrogen and oxygen atoms in total. The number of benzene rings is 1. The van der Waals surface area contributed by atoms with Crippen LogP contribution in [0.15, 0.2) is 23.3 Å².